The number of hydrogen-bond acceptors (Lipinski definition) is 2. The van der Waals surface area contributed by atoms with Gasteiger partial charge in [-0.15, -0.1) is 0 Å². The summed E-state index contributed by atoms with van der Waals surface area (Å²) in [6.45, 7) is -2.96. The molecule has 0 atom stereocenters. The molecular formula is C16H10ClF2NO2. The molecule has 3 rings (SSSR count). The molecule has 0 fully saturated rings. The van der Waals surface area contributed by atoms with Gasteiger partial charge in [-0.25, -0.2) is 0 Å². The van der Waals surface area contributed by atoms with E-state index in [0.29, 0.717) is 27.4 Å². The molecule has 0 aromatic heterocycles. The van der Waals surface area contributed by atoms with E-state index in [1.54, 1.807) is 24.3 Å². The van der Waals surface area contributed by atoms with Gasteiger partial charge < -0.3 is 10.1 Å². The second-order valence-electron chi connectivity index (χ2n) is 4.62. The van der Waals surface area contributed by atoms with Gasteiger partial charge in [0.05, 0.1) is 0 Å². The van der Waals surface area contributed by atoms with Crippen molar-refractivity contribution in [3.05, 3.63) is 58.6 Å². The molecule has 0 saturated carbocycles. The standard InChI is InChI=1S/C16H10ClF2NO2/c17-10-5-6-14(22-16(18)19)9(7-10)8-12-11-3-1-2-4-13(11)20-15(12)21/h1-8,16H,(H,20,21)/b12-8-. The lowest BCUT2D eigenvalue weighted by molar-refractivity contribution is -0.110. The average molecular weight is 322 g/mol. The number of carbonyl (C=O) groups is 1. The molecule has 1 heterocycles. The van der Waals surface area contributed by atoms with Crippen molar-refractivity contribution in [2.75, 3.05) is 5.32 Å². The van der Waals surface area contributed by atoms with E-state index in [2.05, 4.69) is 10.1 Å². The molecule has 1 aliphatic rings. The summed E-state index contributed by atoms with van der Waals surface area (Å²) >= 11 is 5.90. The number of anilines is 1. The molecule has 0 unspecified atom stereocenters. The number of carbonyl (C=O) groups excluding carboxylic acids is 1. The SMILES string of the molecule is O=C1Nc2ccccc2/C1=C/c1cc(Cl)ccc1OC(F)F. The number of alkyl halides is 2. The van der Waals surface area contributed by atoms with Crippen LogP contribution in [0.2, 0.25) is 5.02 Å². The van der Waals surface area contributed by atoms with Gasteiger partial charge in [0.15, 0.2) is 0 Å². The summed E-state index contributed by atoms with van der Waals surface area (Å²) in [7, 11) is 0. The molecule has 112 valence electrons. The molecule has 1 amide bonds. The van der Waals surface area contributed by atoms with E-state index in [4.69, 9.17) is 11.6 Å². The van der Waals surface area contributed by atoms with Crippen molar-refractivity contribution >= 4 is 34.8 Å². The van der Waals surface area contributed by atoms with Crippen LogP contribution in [-0.2, 0) is 4.79 Å². The Bertz CT molecular complexity index is 774. The Morgan fingerprint density at radius 1 is 1.18 bits per heavy atom. The predicted molar refractivity (Wildman–Crippen MR) is 81.0 cm³/mol. The topological polar surface area (TPSA) is 38.3 Å². The molecule has 0 radical (unpaired) electrons. The Morgan fingerprint density at radius 3 is 2.73 bits per heavy atom. The van der Waals surface area contributed by atoms with Crippen molar-refractivity contribution < 1.29 is 18.3 Å². The second kappa shape index (κ2) is 5.77. The van der Waals surface area contributed by atoms with E-state index in [-0.39, 0.29) is 11.7 Å². The first-order chi connectivity index (χ1) is 10.5. The number of para-hydroxylation sites is 1. The van der Waals surface area contributed by atoms with Crippen molar-refractivity contribution in [1.82, 2.24) is 0 Å². The first kappa shape index (κ1) is 14.5. The van der Waals surface area contributed by atoms with Crippen LogP contribution in [0.1, 0.15) is 11.1 Å². The summed E-state index contributed by atoms with van der Waals surface area (Å²) in [4.78, 5) is 12.1. The lowest BCUT2D eigenvalue weighted by Gasteiger charge is -2.09. The van der Waals surface area contributed by atoms with E-state index in [9.17, 15) is 13.6 Å². The van der Waals surface area contributed by atoms with E-state index in [1.165, 1.54) is 24.3 Å². The second-order valence-corrected chi connectivity index (χ2v) is 5.05. The van der Waals surface area contributed by atoms with Gasteiger partial charge in [-0.1, -0.05) is 29.8 Å². The maximum Gasteiger partial charge on any atom is 0.387 e. The molecule has 0 saturated heterocycles. The van der Waals surface area contributed by atoms with Crippen LogP contribution in [0.25, 0.3) is 11.6 Å². The number of nitrogens with one attached hydrogen (secondary N) is 1. The number of ether oxygens (including phenoxy) is 1. The Kier molecular flexibility index (Phi) is 3.81. The van der Waals surface area contributed by atoms with Gasteiger partial charge >= 0.3 is 6.61 Å². The highest BCUT2D eigenvalue weighted by molar-refractivity contribution is 6.35. The minimum atomic E-state index is -2.96. The zero-order valence-electron chi connectivity index (χ0n) is 11.1. The van der Waals surface area contributed by atoms with Gasteiger partial charge in [-0.3, -0.25) is 4.79 Å². The summed E-state index contributed by atoms with van der Waals surface area (Å²) in [5, 5.41) is 3.07. The van der Waals surface area contributed by atoms with Crippen molar-refractivity contribution in [2.24, 2.45) is 0 Å². The van der Waals surface area contributed by atoms with Crippen LogP contribution in [0.15, 0.2) is 42.5 Å². The van der Waals surface area contributed by atoms with Crippen molar-refractivity contribution in [3.8, 4) is 5.75 Å². The van der Waals surface area contributed by atoms with Gasteiger partial charge in [0.25, 0.3) is 5.91 Å². The molecule has 3 nitrogen and oxygen atoms in total. The number of hydrogen-bond donors (Lipinski definition) is 1. The Hall–Kier alpha value is -2.40. The van der Waals surface area contributed by atoms with Crippen LogP contribution in [0.5, 0.6) is 5.75 Å². The molecule has 2 aromatic rings. The Balaban J connectivity index is 2.09. The number of fused-ring (bicyclic) bond motifs is 1. The monoisotopic (exact) mass is 321 g/mol. The summed E-state index contributed by atoms with van der Waals surface area (Å²) in [5.74, 6) is -0.340. The smallest absolute Gasteiger partial charge is 0.387 e. The average Bonchev–Trinajstić information content (AvgIpc) is 2.78. The highest BCUT2D eigenvalue weighted by Gasteiger charge is 2.24. The van der Waals surface area contributed by atoms with Crippen molar-refractivity contribution in [1.29, 1.82) is 0 Å². The molecule has 6 heteroatoms. The first-order valence-corrected chi connectivity index (χ1v) is 6.79. The van der Waals surface area contributed by atoms with Crippen LogP contribution in [0, 0.1) is 0 Å². The Labute approximate surface area is 130 Å². The largest absolute Gasteiger partial charge is 0.434 e. The number of amides is 1. The van der Waals surface area contributed by atoms with Crippen LogP contribution in [0.3, 0.4) is 0 Å². The number of rotatable bonds is 3. The quantitative estimate of drug-likeness (QED) is 0.849. The normalized spacial score (nSPS) is 15.1. The molecule has 0 aliphatic carbocycles. The maximum atomic E-state index is 12.5. The molecule has 0 bridgehead atoms. The first-order valence-electron chi connectivity index (χ1n) is 6.41. The van der Waals surface area contributed by atoms with Crippen LogP contribution >= 0.6 is 11.6 Å². The third-order valence-corrected chi connectivity index (χ3v) is 3.43. The minimum Gasteiger partial charge on any atom is -0.434 e. The minimum absolute atomic E-state index is 0.0379. The van der Waals surface area contributed by atoms with Gasteiger partial charge in [-0.05, 0) is 30.3 Å². The third kappa shape index (κ3) is 2.80. The lowest BCUT2D eigenvalue weighted by Crippen LogP contribution is -2.05. The van der Waals surface area contributed by atoms with Crippen molar-refractivity contribution in [2.45, 2.75) is 6.61 Å². The maximum absolute atomic E-state index is 12.5. The van der Waals surface area contributed by atoms with Gasteiger partial charge in [-0.2, -0.15) is 8.78 Å². The van der Waals surface area contributed by atoms with Gasteiger partial charge in [0.1, 0.15) is 5.75 Å². The summed E-state index contributed by atoms with van der Waals surface area (Å²) in [6.07, 6.45) is 1.49. The van der Waals surface area contributed by atoms with Gasteiger partial charge in [0.2, 0.25) is 0 Å². The van der Waals surface area contributed by atoms with Crippen molar-refractivity contribution in [3.63, 3.8) is 0 Å². The van der Waals surface area contributed by atoms with Crippen LogP contribution in [-0.4, -0.2) is 12.5 Å². The number of halogens is 3. The van der Waals surface area contributed by atoms with Crippen LogP contribution in [0.4, 0.5) is 14.5 Å². The van der Waals surface area contributed by atoms with E-state index >= 15 is 0 Å². The molecule has 0 spiro atoms. The summed E-state index contributed by atoms with van der Waals surface area (Å²) < 4.78 is 29.4. The summed E-state index contributed by atoms with van der Waals surface area (Å²) in [5.41, 5.74) is 2.07. The molecule has 1 aliphatic heterocycles. The third-order valence-electron chi connectivity index (χ3n) is 3.20. The van der Waals surface area contributed by atoms with E-state index < -0.39 is 6.61 Å². The molecular weight excluding hydrogens is 312 g/mol. The molecule has 2 aromatic carbocycles. The zero-order chi connectivity index (χ0) is 15.7. The highest BCUT2D eigenvalue weighted by atomic mass is 35.5. The molecule has 1 N–H and O–H groups in total. The predicted octanol–water partition coefficient (Wildman–Crippen LogP) is 4.43. The zero-order valence-corrected chi connectivity index (χ0v) is 11.9. The number of benzene rings is 2. The van der Waals surface area contributed by atoms with Crippen LogP contribution < -0.4 is 10.1 Å². The van der Waals surface area contributed by atoms with E-state index in [0.717, 1.165) is 0 Å². The molecule has 22 heavy (non-hydrogen) atoms. The fourth-order valence-corrected chi connectivity index (χ4v) is 2.45. The summed E-state index contributed by atoms with van der Waals surface area (Å²) in [6, 6.07) is 11.4. The highest BCUT2D eigenvalue weighted by Crippen LogP contribution is 2.35. The Morgan fingerprint density at radius 2 is 1.95 bits per heavy atom. The fraction of sp³-hybridized carbons (Fsp3) is 0.0625. The van der Waals surface area contributed by atoms with Gasteiger partial charge in [0, 0.05) is 27.4 Å². The van der Waals surface area contributed by atoms with E-state index in [1.807, 2.05) is 0 Å². The fourth-order valence-electron chi connectivity index (χ4n) is 2.27. The lowest BCUT2D eigenvalue weighted by atomic mass is 10.0.